The van der Waals surface area contributed by atoms with Crippen LogP contribution in [0.5, 0.6) is 0 Å². The third kappa shape index (κ3) is 4.71. The van der Waals surface area contributed by atoms with Crippen molar-refractivity contribution in [3.63, 3.8) is 0 Å². The van der Waals surface area contributed by atoms with Gasteiger partial charge in [-0.1, -0.05) is 68.8 Å². The summed E-state index contributed by atoms with van der Waals surface area (Å²) < 4.78 is 0. The summed E-state index contributed by atoms with van der Waals surface area (Å²) in [5.41, 5.74) is 5.47. The molecule has 0 bridgehead atoms. The number of rotatable bonds is 7. The maximum Gasteiger partial charge on any atom is 0.00790 e. The van der Waals surface area contributed by atoms with Crippen molar-refractivity contribution >= 4 is 0 Å². The standard InChI is InChI=1S/C20H27N/c1-4-7-17-8-6-9-20(15-17)19-12-10-18(11-13-19)14-16(3)21-5-2/h6,8-13,15-16,21H,4-5,7,14H2,1-3H3. The van der Waals surface area contributed by atoms with E-state index in [9.17, 15) is 0 Å². The molecule has 112 valence electrons. The van der Waals surface area contributed by atoms with Gasteiger partial charge in [-0.2, -0.15) is 0 Å². The summed E-state index contributed by atoms with van der Waals surface area (Å²) >= 11 is 0. The van der Waals surface area contributed by atoms with Crippen LogP contribution in [-0.4, -0.2) is 12.6 Å². The molecule has 0 aromatic heterocycles. The van der Waals surface area contributed by atoms with Gasteiger partial charge in [0.1, 0.15) is 0 Å². The average Bonchev–Trinajstić information content (AvgIpc) is 2.49. The van der Waals surface area contributed by atoms with Gasteiger partial charge in [0.15, 0.2) is 0 Å². The average molecular weight is 281 g/mol. The summed E-state index contributed by atoms with van der Waals surface area (Å²) in [5, 5.41) is 3.46. The van der Waals surface area contributed by atoms with Gasteiger partial charge in [0.2, 0.25) is 0 Å². The van der Waals surface area contributed by atoms with Crippen LogP contribution < -0.4 is 5.32 Å². The third-order valence-corrected chi connectivity index (χ3v) is 3.85. The molecule has 0 aliphatic rings. The molecule has 0 aliphatic heterocycles. The number of hydrogen-bond acceptors (Lipinski definition) is 1. The number of benzene rings is 2. The SMILES string of the molecule is CCCc1cccc(-c2ccc(CC(C)NCC)cc2)c1. The first-order valence-corrected chi connectivity index (χ1v) is 8.14. The topological polar surface area (TPSA) is 12.0 Å². The van der Waals surface area contributed by atoms with Crippen LogP contribution in [0.3, 0.4) is 0 Å². The molecule has 1 unspecified atom stereocenters. The van der Waals surface area contributed by atoms with E-state index in [0.717, 1.165) is 19.4 Å². The second kappa shape index (κ2) is 7.99. The molecule has 0 fully saturated rings. The van der Waals surface area contributed by atoms with Crippen molar-refractivity contribution in [2.75, 3.05) is 6.54 Å². The molecule has 0 amide bonds. The smallest absolute Gasteiger partial charge is 0.00790 e. The summed E-state index contributed by atoms with van der Waals surface area (Å²) in [6.07, 6.45) is 3.45. The second-order valence-corrected chi connectivity index (χ2v) is 5.81. The molecular weight excluding hydrogens is 254 g/mol. The molecule has 0 saturated carbocycles. The summed E-state index contributed by atoms with van der Waals surface area (Å²) in [7, 11) is 0. The fourth-order valence-corrected chi connectivity index (χ4v) is 2.80. The van der Waals surface area contributed by atoms with Crippen LogP contribution in [0.4, 0.5) is 0 Å². The van der Waals surface area contributed by atoms with Crippen molar-refractivity contribution in [3.05, 3.63) is 59.7 Å². The molecule has 1 atom stereocenters. The summed E-state index contributed by atoms with van der Waals surface area (Å²) in [6.45, 7) is 7.66. The molecule has 0 spiro atoms. The van der Waals surface area contributed by atoms with Gasteiger partial charge in [0.05, 0.1) is 0 Å². The van der Waals surface area contributed by atoms with Crippen LogP contribution in [0.25, 0.3) is 11.1 Å². The van der Waals surface area contributed by atoms with Gasteiger partial charge in [-0.15, -0.1) is 0 Å². The van der Waals surface area contributed by atoms with Crippen LogP contribution in [0, 0.1) is 0 Å². The van der Waals surface area contributed by atoms with Crippen LogP contribution in [0.15, 0.2) is 48.5 Å². The monoisotopic (exact) mass is 281 g/mol. The van der Waals surface area contributed by atoms with E-state index in [1.54, 1.807) is 0 Å². The summed E-state index contributed by atoms with van der Waals surface area (Å²) in [6, 6.07) is 18.5. The van der Waals surface area contributed by atoms with Crippen molar-refractivity contribution in [2.24, 2.45) is 0 Å². The van der Waals surface area contributed by atoms with Crippen molar-refractivity contribution in [1.82, 2.24) is 5.32 Å². The highest BCUT2D eigenvalue weighted by molar-refractivity contribution is 5.64. The first-order chi connectivity index (χ1) is 10.2. The Balaban J connectivity index is 2.09. The largest absolute Gasteiger partial charge is 0.314 e. The first kappa shape index (κ1) is 15.8. The van der Waals surface area contributed by atoms with E-state index < -0.39 is 0 Å². The van der Waals surface area contributed by atoms with Crippen LogP contribution in [0.2, 0.25) is 0 Å². The number of likely N-dealkylation sites (N-methyl/N-ethyl adjacent to an activating group) is 1. The maximum absolute atomic E-state index is 3.46. The molecule has 0 aliphatic carbocycles. The van der Waals surface area contributed by atoms with E-state index in [4.69, 9.17) is 0 Å². The predicted octanol–water partition coefficient (Wildman–Crippen LogP) is 4.85. The fourth-order valence-electron chi connectivity index (χ4n) is 2.80. The van der Waals surface area contributed by atoms with Gasteiger partial charge in [-0.25, -0.2) is 0 Å². The van der Waals surface area contributed by atoms with E-state index in [1.165, 1.54) is 28.7 Å². The lowest BCUT2D eigenvalue weighted by Crippen LogP contribution is -2.27. The molecule has 21 heavy (non-hydrogen) atoms. The summed E-state index contributed by atoms with van der Waals surface area (Å²) in [4.78, 5) is 0. The van der Waals surface area contributed by atoms with E-state index in [1.807, 2.05) is 0 Å². The van der Waals surface area contributed by atoms with Crippen molar-refractivity contribution < 1.29 is 0 Å². The van der Waals surface area contributed by atoms with Gasteiger partial charge in [-0.05, 0) is 48.6 Å². The predicted molar refractivity (Wildman–Crippen MR) is 92.7 cm³/mol. The van der Waals surface area contributed by atoms with Crippen LogP contribution >= 0.6 is 0 Å². The van der Waals surface area contributed by atoms with Gasteiger partial charge >= 0.3 is 0 Å². The molecule has 0 heterocycles. The lowest BCUT2D eigenvalue weighted by atomic mass is 9.99. The van der Waals surface area contributed by atoms with Crippen molar-refractivity contribution in [3.8, 4) is 11.1 Å². The quantitative estimate of drug-likeness (QED) is 0.765. The van der Waals surface area contributed by atoms with Gasteiger partial charge in [0.25, 0.3) is 0 Å². The Morgan fingerprint density at radius 2 is 1.67 bits per heavy atom. The van der Waals surface area contributed by atoms with E-state index in [-0.39, 0.29) is 0 Å². The Kier molecular flexibility index (Phi) is 6.01. The number of nitrogens with one attached hydrogen (secondary N) is 1. The lowest BCUT2D eigenvalue weighted by Gasteiger charge is -2.12. The number of hydrogen-bond donors (Lipinski definition) is 1. The van der Waals surface area contributed by atoms with Crippen molar-refractivity contribution in [2.45, 2.75) is 46.1 Å². The van der Waals surface area contributed by atoms with Gasteiger partial charge in [-0.3, -0.25) is 0 Å². The highest BCUT2D eigenvalue weighted by atomic mass is 14.9. The molecule has 0 radical (unpaired) electrons. The lowest BCUT2D eigenvalue weighted by molar-refractivity contribution is 0.565. The fraction of sp³-hybridized carbons (Fsp3) is 0.400. The van der Waals surface area contributed by atoms with Gasteiger partial charge < -0.3 is 5.32 Å². The Morgan fingerprint density at radius 1 is 0.905 bits per heavy atom. The van der Waals surface area contributed by atoms with E-state index in [0.29, 0.717) is 6.04 Å². The zero-order valence-corrected chi connectivity index (χ0v) is 13.5. The molecule has 2 aromatic carbocycles. The van der Waals surface area contributed by atoms with E-state index in [2.05, 4.69) is 74.6 Å². The Bertz CT molecular complexity index is 542. The van der Waals surface area contributed by atoms with Crippen LogP contribution in [0.1, 0.15) is 38.3 Å². The molecule has 2 aromatic rings. The maximum atomic E-state index is 3.46. The molecule has 2 rings (SSSR count). The van der Waals surface area contributed by atoms with Gasteiger partial charge in [0, 0.05) is 6.04 Å². The van der Waals surface area contributed by atoms with Crippen LogP contribution in [-0.2, 0) is 12.8 Å². The zero-order chi connectivity index (χ0) is 15.1. The molecule has 1 N–H and O–H groups in total. The molecule has 1 heteroatoms. The zero-order valence-electron chi connectivity index (χ0n) is 13.5. The number of aryl methyl sites for hydroxylation is 1. The second-order valence-electron chi connectivity index (χ2n) is 5.81. The minimum absolute atomic E-state index is 0.536. The highest BCUT2D eigenvalue weighted by Crippen LogP contribution is 2.22. The molecule has 0 saturated heterocycles. The minimum atomic E-state index is 0.536. The normalized spacial score (nSPS) is 12.3. The Morgan fingerprint density at radius 3 is 2.33 bits per heavy atom. The Labute approximate surface area is 129 Å². The minimum Gasteiger partial charge on any atom is -0.314 e. The molecule has 1 nitrogen and oxygen atoms in total. The van der Waals surface area contributed by atoms with E-state index >= 15 is 0 Å². The summed E-state index contributed by atoms with van der Waals surface area (Å²) in [5.74, 6) is 0. The molecular formula is C20H27N. The van der Waals surface area contributed by atoms with Crippen molar-refractivity contribution in [1.29, 1.82) is 0 Å². The first-order valence-electron chi connectivity index (χ1n) is 8.14. The highest BCUT2D eigenvalue weighted by Gasteiger charge is 2.03. The third-order valence-electron chi connectivity index (χ3n) is 3.85. The Hall–Kier alpha value is -1.60.